The van der Waals surface area contributed by atoms with Crippen molar-refractivity contribution in [1.29, 1.82) is 0 Å². The van der Waals surface area contributed by atoms with Crippen LogP contribution in [0.5, 0.6) is 5.75 Å². The summed E-state index contributed by atoms with van der Waals surface area (Å²) in [7, 11) is -0.980. The lowest BCUT2D eigenvalue weighted by Crippen LogP contribution is -2.67. The summed E-state index contributed by atoms with van der Waals surface area (Å²) in [5.74, 6) is 0.813. The van der Waals surface area contributed by atoms with Crippen LogP contribution in [0.15, 0.2) is 97.1 Å². The molecule has 6 heteroatoms. The van der Waals surface area contributed by atoms with E-state index in [4.69, 9.17) is 23.4 Å². The summed E-state index contributed by atoms with van der Waals surface area (Å²) < 4.78 is 31.7. The van der Waals surface area contributed by atoms with Crippen molar-refractivity contribution < 1.29 is 23.4 Å². The van der Waals surface area contributed by atoms with E-state index >= 15 is 0 Å². The van der Waals surface area contributed by atoms with E-state index in [0.29, 0.717) is 13.2 Å². The molecule has 0 N–H and O–H groups in total. The number of hydrogen-bond acceptors (Lipinski definition) is 5. The minimum absolute atomic E-state index is 0.0850. The summed E-state index contributed by atoms with van der Waals surface area (Å²) in [5.41, 5.74) is 0.979. The maximum absolute atomic E-state index is 7.18. The van der Waals surface area contributed by atoms with Crippen LogP contribution in [0.1, 0.15) is 45.5 Å². The summed E-state index contributed by atoms with van der Waals surface area (Å²) in [4.78, 5) is 0. The van der Waals surface area contributed by atoms with Gasteiger partial charge in [0.25, 0.3) is 8.32 Å². The van der Waals surface area contributed by atoms with Crippen LogP contribution in [-0.2, 0) is 18.6 Å². The van der Waals surface area contributed by atoms with E-state index in [1.165, 1.54) is 10.4 Å². The first-order chi connectivity index (χ1) is 18.9. The molecule has 5 nitrogen and oxygen atoms in total. The third kappa shape index (κ3) is 6.05. The van der Waals surface area contributed by atoms with Crippen molar-refractivity contribution in [3.8, 4) is 5.75 Å². The molecule has 2 aliphatic heterocycles. The molecule has 1 fully saturated rings. The highest BCUT2D eigenvalue weighted by Gasteiger charge is 2.50. The van der Waals surface area contributed by atoms with Crippen LogP contribution in [0.2, 0.25) is 5.04 Å². The molecule has 3 aromatic carbocycles. The number of fused-ring (bicyclic) bond motifs is 1. The molecule has 4 atom stereocenters. The fraction of sp³-hybridized carbons (Fsp3) is 0.394. The highest BCUT2D eigenvalue weighted by Crippen LogP contribution is 2.37. The van der Waals surface area contributed by atoms with Crippen molar-refractivity contribution in [2.75, 3.05) is 20.3 Å². The molecule has 1 saturated heterocycles. The summed E-state index contributed by atoms with van der Waals surface area (Å²) in [6, 6.07) is 29.3. The Balaban J connectivity index is 1.34. The van der Waals surface area contributed by atoms with Crippen molar-refractivity contribution in [2.45, 2.75) is 63.3 Å². The third-order valence-electron chi connectivity index (χ3n) is 7.72. The zero-order valence-electron chi connectivity index (χ0n) is 23.4. The maximum Gasteiger partial charge on any atom is 0.261 e. The minimum Gasteiger partial charge on any atom is -0.497 e. The van der Waals surface area contributed by atoms with Crippen molar-refractivity contribution in [3.63, 3.8) is 0 Å². The summed E-state index contributed by atoms with van der Waals surface area (Å²) in [6.07, 6.45) is 5.26. The molecular formula is C33H40O5Si. The quantitative estimate of drug-likeness (QED) is 0.278. The summed E-state index contributed by atoms with van der Waals surface area (Å²) in [6.45, 7) is 7.89. The largest absolute Gasteiger partial charge is 0.497 e. The Morgan fingerprint density at radius 1 is 0.769 bits per heavy atom. The molecule has 0 saturated carbocycles. The minimum atomic E-state index is -2.65. The van der Waals surface area contributed by atoms with Crippen molar-refractivity contribution in [2.24, 2.45) is 0 Å². The van der Waals surface area contributed by atoms with E-state index in [1.54, 1.807) is 7.11 Å². The average molecular weight is 545 g/mol. The summed E-state index contributed by atoms with van der Waals surface area (Å²) >= 11 is 0. The lowest BCUT2D eigenvalue weighted by Gasteiger charge is -2.44. The Hall–Kier alpha value is -2.74. The zero-order valence-corrected chi connectivity index (χ0v) is 24.4. The van der Waals surface area contributed by atoms with E-state index in [2.05, 4.69) is 93.6 Å². The lowest BCUT2D eigenvalue weighted by molar-refractivity contribution is -0.273. The fourth-order valence-electron chi connectivity index (χ4n) is 5.71. The van der Waals surface area contributed by atoms with Gasteiger partial charge in [-0.2, -0.15) is 0 Å². The van der Waals surface area contributed by atoms with Crippen LogP contribution in [0.25, 0.3) is 0 Å². The second-order valence-corrected chi connectivity index (χ2v) is 15.6. The molecule has 0 bridgehead atoms. The van der Waals surface area contributed by atoms with Crippen molar-refractivity contribution in [1.82, 2.24) is 0 Å². The van der Waals surface area contributed by atoms with Crippen molar-refractivity contribution >= 4 is 18.7 Å². The Kier molecular flexibility index (Phi) is 8.69. The van der Waals surface area contributed by atoms with Gasteiger partial charge in [0, 0.05) is 5.56 Å². The highest BCUT2D eigenvalue weighted by atomic mass is 28.4. The second kappa shape index (κ2) is 12.2. The monoisotopic (exact) mass is 544 g/mol. The number of methoxy groups -OCH3 is 1. The van der Waals surface area contributed by atoms with E-state index < -0.39 is 14.6 Å². The number of ether oxygens (including phenoxy) is 4. The molecule has 39 heavy (non-hydrogen) atoms. The smallest absolute Gasteiger partial charge is 0.261 e. The Morgan fingerprint density at radius 2 is 1.38 bits per heavy atom. The molecular weight excluding hydrogens is 504 g/mol. The Morgan fingerprint density at radius 3 is 1.97 bits per heavy atom. The molecule has 0 unspecified atom stereocenters. The number of benzene rings is 3. The molecule has 0 aliphatic carbocycles. The van der Waals surface area contributed by atoms with Crippen molar-refractivity contribution in [3.05, 3.63) is 103 Å². The Bertz CT molecular complexity index is 1170. The van der Waals surface area contributed by atoms with Crippen LogP contribution in [0.4, 0.5) is 0 Å². The molecule has 0 aromatic heterocycles. The Labute approximate surface area is 233 Å². The predicted molar refractivity (Wildman–Crippen MR) is 157 cm³/mol. The maximum atomic E-state index is 7.18. The zero-order chi connectivity index (χ0) is 27.3. The van der Waals surface area contributed by atoms with Gasteiger partial charge in [0.1, 0.15) is 11.9 Å². The first kappa shape index (κ1) is 27.8. The predicted octanol–water partition coefficient (Wildman–Crippen LogP) is 5.79. The molecule has 3 aromatic rings. The molecule has 2 aliphatic rings. The van der Waals surface area contributed by atoms with E-state index in [1.807, 2.05) is 24.3 Å². The second-order valence-electron chi connectivity index (χ2n) is 11.3. The van der Waals surface area contributed by atoms with Gasteiger partial charge >= 0.3 is 0 Å². The van der Waals surface area contributed by atoms with Crippen LogP contribution in [-0.4, -0.2) is 47.0 Å². The number of rotatable bonds is 7. The first-order valence-corrected chi connectivity index (χ1v) is 15.8. The molecule has 5 rings (SSSR count). The number of hydrogen-bond donors (Lipinski definition) is 0. The molecule has 206 valence electrons. The van der Waals surface area contributed by atoms with Gasteiger partial charge in [0.2, 0.25) is 0 Å². The van der Waals surface area contributed by atoms with Crippen LogP contribution in [0.3, 0.4) is 0 Å². The molecule has 0 spiro atoms. The third-order valence-corrected chi connectivity index (χ3v) is 12.7. The van der Waals surface area contributed by atoms with Crippen LogP contribution < -0.4 is 15.1 Å². The van der Waals surface area contributed by atoms with Crippen LogP contribution in [0, 0.1) is 0 Å². The molecule has 0 amide bonds. The lowest BCUT2D eigenvalue weighted by atomic mass is 10.1. The fourth-order valence-corrected chi connectivity index (χ4v) is 10.3. The van der Waals surface area contributed by atoms with E-state index in [-0.39, 0.29) is 23.4 Å². The first-order valence-electron chi connectivity index (χ1n) is 13.9. The van der Waals surface area contributed by atoms with E-state index in [9.17, 15) is 0 Å². The van der Waals surface area contributed by atoms with Crippen LogP contribution >= 0.6 is 0 Å². The normalized spacial score (nSPS) is 24.7. The highest BCUT2D eigenvalue weighted by molar-refractivity contribution is 6.99. The summed E-state index contributed by atoms with van der Waals surface area (Å²) in [5, 5.41) is 2.46. The van der Waals surface area contributed by atoms with Gasteiger partial charge in [-0.05, 0) is 40.4 Å². The van der Waals surface area contributed by atoms with Gasteiger partial charge in [0.15, 0.2) is 6.29 Å². The standard InChI is InChI=1S/C33H40O5Si/c1-33(2,3)39(28-14-7-5-8-15-28,29-16-9-6-10-17-29)36-23-27-13-11-12-18-30-31(37-27)24-35-32(38-30)25-19-21-26(34-4)22-20-25/h5-12,14-17,19-22,27,30-32H,13,18,23-24H2,1-4H3/b12-11-/t27-,30-,31-,32+/m1/s1. The van der Waals surface area contributed by atoms with Gasteiger partial charge in [0.05, 0.1) is 32.5 Å². The molecule has 2 heterocycles. The average Bonchev–Trinajstić information content (AvgIpc) is 2.95. The SMILES string of the molecule is COc1ccc([C@H]2OC[C@H]3O[C@@H](CO[Si](c4ccccc4)(c4ccccc4)C(C)(C)C)C/C=C\C[C@H]3O2)cc1. The topological polar surface area (TPSA) is 46.2 Å². The molecule has 0 radical (unpaired) electrons. The van der Waals surface area contributed by atoms with E-state index in [0.717, 1.165) is 24.2 Å². The van der Waals surface area contributed by atoms with Gasteiger partial charge in [-0.3, -0.25) is 0 Å². The van der Waals surface area contributed by atoms with Gasteiger partial charge in [-0.15, -0.1) is 0 Å². The van der Waals surface area contributed by atoms with Gasteiger partial charge in [-0.25, -0.2) is 0 Å². The van der Waals surface area contributed by atoms with Gasteiger partial charge in [-0.1, -0.05) is 106 Å². The van der Waals surface area contributed by atoms with Gasteiger partial charge < -0.3 is 23.4 Å².